The smallest absolute Gasteiger partial charge is 0.303 e. The minimum absolute atomic E-state index is 0.172. The summed E-state index contributed by atoms with van der Waals surface area (Å²) in [7, 11) is 0. The standard InChI is InChI=1S/C11H15NO2S3/c1-7-10(16-5-4-15-7)11-12-8(6-17-11)2-3-9(13)14/h6-7,10H,2-5H2,1H3,(H,13,14). The van der Waals surface area contributed by atoms with Gasteiger partial charge in [-0.3, -0.25) is 4.79 Å². The molecule has 2 heterocycles. The molecule has 17 heavy (non-hydrogen) atoms. The summed E-state index contributed by atoms with van der Waals surface area (Å²) in [5.74, 6) is 1.65. The van der Waals surface area contributed by atoms with Gasteiger partial charge in [-0.05, 0) is 0 Å². The van der Waals surface area contributed by atoms with Crippen LogP contribution in [0.1, 0.15) is 29.3 Å². The number of aryl methyl sites for hydroxylation is 1. The zero-order valence-corrected chi connectivity index (χ0v) is 12.0. The number of carbonyl (C=O) groups is 1. The summed E-state index contributed by atoms with van der Waals surface area (Å²) in [6, 6.07) is 0. The van der Waals surface area contributed by atoms with E-state index in [2.05, 4.69) is 11.9 Å². The van der Waals surface area contributed by atoms with E-state index in [0.717, 1.165) is 10.7 Å². The second-order valence-electron chi connectivity index (χ2n) is 3.94. The molecule has 2 unspecified atom stereocenters. The highest BCUT2D eigenvalue weighted by molar-refractivity contribution is 8.06. The molecule has 1 saturated heterocycles. The highest BCUT2D eigenvalue weighted by Crippen LogP contribution is 2.43. The first-order chi connectivity index (χ1) is 8.16. The molecule has 2 rings (SSSR count). The van der Waals surface area contributed by atoms with Crippen molar-refractivity contribution in [1.82, 2.24) is 4.98 Å². The predicted octanol–water partition coefficient (Wildman–Crippen LogP) is 3.07. The van der Waals surface area contributed by atoms with E-state index in [-0.39, 0.29) is 6.42 Å². The van der Waals surface area contributed by atoms with Gasteiger partial charge < -0.3 is 5.11 Å². The first-order valence-electron chi connectivity index (χ1n) is 5.56. The number of hydrogen-bond acceptors (Lipinski definition) is 5. The van der Waals surface area contributed by atoms with Crippen LogP contribution in [0.3, 0.4) is 0 Å². The second-order valence-corrected chi connectivity index (χ2v) is 7.56. The molecule has 1 fully saturated rings. The maximum absolute atomic E-state index is 10.5. The van der Waals surface area contributed by atoms with E-state index in [1.54, 1.807) is 11.3 Å². The van der Waals surface area contributed by atoms with Gasteiger partial charge in [0.1, 0.15) is 5.01 Å². The minimum atomic E-state index is -0.754. The third-order valence-corrected chi connectivity index (χ3v) is 6.82. The van der Waals surface area contributed by atoms with Crippen molar-refractivity contribution in [1.29, 1.82) is 0 Å². The van der Waals surface area contributed by atoms with Gasteiger partial charge in [-0.25, -0.2) is 4.98 Å². The zero-order chi connectivity index (χ0) is 12.3. The van der Waals surface area contributed by atoms with Crippen LogP contribution < -0.4 is 0 Å². The van der Waals surface area contributed by atoms with E-state index < -0.39 is 5.97 Å². The van der Waals surface area contributed by atoms with Crippen LogP contribution in [0.2, 0.25) is 0 Å². The summed E-state index contributed by atoms with van der Waals surface area (Å²) in [6.45, 7) is 2.25. The Kier molecular flexibility index (Phi) is 4.76. The Balaban J connectivity index is 1.99. The SMILES string of the molecule is CC1SCCSC1c1nc(CCC(=O)O)cs1. The van der Waals surface area contributed by atoms with Crippen LogP contribution in [-0.2, 0) is 11.2 Å². The number of thioether (sulfide) groups is 2. The van der Waals surface area contributed by atoms with Crippen molar-refractivity contribution in [2.75, 3.05) is 11.5 Å². The van der Waals surface area contributed by atoms with Gasteiger partial charge in [0.25, 0.3) is 0 Å². The van der Waals surface area contributed by atoms with Crippen LogP contribution in [0, 0.1) is 0 Å². The summed E-state index contributed by atoms with van der Waals surface area (Å²) in [6.07, 6.45) is 0.718. The molecule has 0 bridgehead atoms. The molecule has 0 amide bonds. The van der Waals surface area contributed by atoms with Crippen LogP contribution in [0.15, 0.2) is 5.38 Å². The Morgan fingerprint density at radius 2 is 2.29 bits per heavy atom. The third-order valence-electron chi connectivity index (χ3n) is 2.60. The number of carboxylic acid groups (broad SMARTS) is 1. The van der Waals surface area contributed by atoms with Gasteiger partial charge in [-0.1, -0.05) is 6.92 Å². The molecule has 0 aromatic carbocycles. The Morgan fingerprint density at radius 3 is 3.00 bits per heavy atom. The van der Waals surface area contributed by atoms with Crippen LogP contribution in [-0.4, -0.2) is 32.8 Å². The molecule has 1 aliphatic rings. The van der Waals surface area contributed by atoms with Gasteiger partial charge in [0.15, 0.2) is 0 Å². The molecule has 0 saturated carbocycles. The maximum Gasteiger partial charge on any atom is 0.303 e. The number of hydrogen-bond donors (Lipinski definition) is 1. The van der Waals surface area contributed by atoms with Crippen LogP contribution in [0.25, 0.3) is 0 Å². The molecule has 0 aliphatic carbocycles. The van der Waals surface area contributed by atoms with Crippen molar-refractivity contribution in [3.05, 3.63) is 16.1 Å². The molecule has 1 N–H and O–H groups in total. The van der Waals surface area contributed by atoms with E-state index in [0.29, 0.717) is 16.9 Å². The fourth-order valence-electron chi connectivity index (χ4n) is 1.71. The lowest BCUT2D eigenvalue weighted by molar-refractivity contribution is -0.136. The lowest BCUT2D eigenvalue weighted by Gasteiger charge is -2.25. The predicted molar refractivity (Wildman–Crippen MR) is 75.2 cm³/mol. The number of aromatic nitrogens is 1. The van der Waals surface area contributed by atoms with Crippen molar-refractivity contribution in [3.8, 4) is 0 Å². The van der Waals surface area contributed by atoms with Crippen molar-refractivity contribution in [2.45, 2.75) is 30.3 Å². The van der Waals surface area contributed by atoms with E-state index in [9.17, 15) is 4.79 Å². The monoisotopic (exact) mass is 289 g/mol. The fraction of sp³-hybridized carbons (Fsp3) is 0.636. The molecule has 1 aromatic heterocycles. The Hall–Kier alpha value is -0.200. The zero-order valence-electron chi connectivity index (χ0n) is 9.59. The average Bonchev–Trinajstić information content (AvgIpc) is 2.75. The number of thiazole rings is 1. The fourth-order valence-corrected chi connectivity index (χ4v) is 5.74. The Bertz CT molecular complexity index is 394. The summed E-state index contributed by atoms with van der Waals surface area (Å²) in [4.78, 5) is 15.1. The van der Waals surface area contributed by atoms with E-state index in [1.165, 1.54) is 11.5 Å². The first-order valence-corrected chi connectivity index (χ1v) is 8.54. The number of nitrogens with zero attached hydrogens (tertiary/aromatic N) is 1. The molecular formula is C11H15NO2S3. The van der Waals surface area contributed by atoms with Gasteiger partial charge in [0.05, 0.1) is 17.4 Å². The second kappa shape index (κ2) is 6.11. The number of rotatable bonds is 4. The minimum Gasteiger partial charge on any atom is -0.481 e. The van der Waals surface area contributed by atoms with Gasteiger partial charge in [0, 0.05) is 28.6 Å². The van der Waals surface area contributed by atoms with Crippen LogP contribution in [0.4, 0.5) is 0 Å². The Morgan fingerprint density at radius 1 is 1.53 bits per heavy atom. The lowest BCUT2D eigenvalue weighted by atomic mass is 10.2. The highest BCUT2D eigenvalue weighted by atomic mass is 32.2. The van der Waals surface area contributed by atoms with E-state index >= 15 is 0 Å². The van der Waals surface area contributed by atoms with Crippen molar-refractivity contribution < 1.29 is 9.90 Å². The molecule has 94 valence electrons. The largest absolute Gasteiger partial charge is 0.481 e. The van der Waals surface area contributed by atoms with Crippen LogP contribution >= 0.6 is 34.9 Å². The highest BCUT2D eigenvalue weighted by Gasteiger charge is 2.26. The molecule has 0 spiro atoms. The summed E-state index contributed by atoms with van der Waals surface area (Å²) in [5, 5.41) is 12.9. The molecule has 2 atom stereocenters. The molecule has 3 nitrogen and oxygen atoms in total. The first kappa shape index (κ1) is 13.2. The quantitative estimate of drug-likeness (QED) is 0.923. The number of aliphatic carboxylic acids is 1. The van der Waals surface area contributed by atoms with Crippen molar-refractivity contribution >= 4 is 40.8 Å². The topological polar surface area (TPSA) is 50.2 Å². The lowest BCUT2D eigenvalue weighted by Crippen LogP contribution is -2.15. The maximum atomic E-state index is 10.5. The molecule has 0 radical (unpaired) electrons. The summed E-state index contributed by atoms with van der Waals surface area (Å²) in [5.41, 5.74) is 0.927. The van der Waals surface area contributed by atoms with Gasteiger partial charge in [-0.15, -0.1) is 23.1 Å². The van der Waals surface area contributed by atoms with Crippen molar-refractivity contribution in [2.24, 2.45) is 0 Å². The molecule has 1 aliphatic heterocycles. The van der Waals surface area contributed by atoms with Crippen molar-refractivity contribution in [3.63, 3.8) is 0 Å². The van der Waals surface area contributed by atoms with Gasteiger partial charge >= 0.3 is 5.97 Å². The average molecular weight is 289 g/mol. The summed E-state index contributed by atoms with van der Waals surface area (Å²) < 4.78 is 0. The van der Waals surface area contributed by atoms with E-state index in [4.69, 9.17) is 5.11 Å². The summed E-state index contributed by atoms with van der Waals surface area (Å²) >= 11 is 5.65. The molecular weight excluding hydrogens is 274 g/mol. The van der Waals surface area contributed by atoms with Gasteiger partial charge in [0.2, 0.25) is 0 Å². The van der Waals surface area contributed by atoms with Crippen LogP contribution in [0.5, 0.6) is 0 Å². The van der Waals surface area contributed by atoms with Gasteiger partial charge in [-0.2, -0.15) is 11.8 Å². The Labute approximate surface area is 113 Å². The molecule has 6 heteroatoms. The van der Waals surface area contributed by atoms with E-state index in [1.807, 2.05) is 28.9 Å². The molecule has 1 aromatic rings. The number of carboxylic acids is 1. The third kappa shape index (κ3) is 3.63. The normalized spacial score (nSPS) is 24.8.